The lowest BCUT2D eigenvalue weighted by molar-refractivity contribution is -0.164. The number of nitrogens with zero attached hydrogens (tertiary/aromatic N) is 1. The standard InChI is InChI=1S/C15H28N2O/c1-11-4-7-17(8-5-11)10-15(16)12-6-9-18-13(12)14(15,2)3/h11-13H,4-10,16H2,1-3H3. The molecule has 1 aliphatic carbocycles. The zero-order valence-electron chi connectivity index (χ0n) is 12.1. The summed E-state index contributed by atoms with van der Waals surface area (Å²) in [4.78, 5) is 2.59. The highest BCUT2D eigenvalue weighted by Crippen LogP contribution is 2.58. The lowest BCUT2D eigenvalue weighted by Gasteiger charge is -2.63. The first-order valence-corrected chi connectivity index (χ1v) is 7.58. The molecule has 3 unspecified atom stereocenters. The highest BCUT2D eigenvalue weighted by Gasteiger charge is 2.67. The van der Waals surface area contributed by atoms with Crippen LogP contribution >= 0.6 is 0 Å². The van der Waals surface area contributed by atoms with Crippen molar-refractivity contribution in [3.05, 3.63) is 0 Å². The van der Waals surface area contributed by atoms with Gasteiger partial charge in [0.1, 0.15) is 0 Å². The molecule has 3 fully saturated rings. The number of ether oxygens (including phenoxy) is 1. The SMILES string of the molecule is CC1CCN(CC2(N)C3CCOC3C2(C)C)CC1. The summed E-state index contributed by atoms with van der Waals surface area (Å²) in [5, 5.41) is 0. The molecule has 0 radical (unpaired) electrons. The smallest absolute Gasteiger partial charge is 0.0691 e. The van der Waals surface area contributed by atoms with Gasteiger partial charge in [0, 0.05) is 30.0 Å². The first-order valence-electron chi connectivity index (χ1n) is 7.58. The summed E-state index contributed by atoms with van der Waals surface area (Å²) in [5.74, 6) is 1.48. The largest absolute Gasteiger partial charge is 0.377 e. The zero-order chi connectivity index (χ0) is 13.0. The normalized spacial score (nSPS) is 44.7. The molecule has 0 amide bonds. The number of likely N-dealkylation sites (tertiary alicyclic amines) is 1. The van der Waals surface area contributed by atoms with Crippen molar-refractivity contribution < 1.29 is 4.74 Å². The van der Waals surface area contributed by atoms with Gasteiger partial charge in [0.05, 0.1) is 6.10 Å². The van der Waals surface area contributed by atoms with Crippen LogP contribution in [0.3, 0.4) is 0 Å². The van der Waals surface area contributed by atoms with Crippen LogP contribution in [0.4, 0.5) is 0 Å². The van der Waals surface area contributed by atoms with Crippen LogP contribution in [0.5, 0.6) is 0 Å². The Morgan fingerprint density at radius 1 is 1.22 bits per heavy atom. The molecule has 1 saturated carbocycles. The van der Waals surface area contributed by atoms with Gasteiger partial charge in [-0.2, -0.15) is 0 Å². The van der Waals surface area contributed by atoms with E-state index in [0.717, 1.165) is 25.5 Å². The number of fused-ring (bicyclic) bond motifs is 1. The molecule has 3 atom stereocenters. The van der Waals surface area contributed by atoms with Gasteiger partial charge in [0.15, 0.2) is 0 Å². The Hall–Kier alpha value is -0.120. The van der Waals surface area contributed by atoms with Crippen molar-refractivity contribution in [3.8, 4) is 0 Å². The maximum atomic E-state index is 6.81. The summed E-state index contributed by atoms with van der Waals surface area (Å²) in [6, 6.07) is 0. The zero-order valence-corrected chi connectivity index (χ0v) is 12.1. The van der Waals surface area contributed by atoms with Crippen molar-refractivity contribution in [2.75, 3.05) is 26.2 Å². The van der Waals surface area contributed by atoms with Crippen molar-refractivity contribution in [3.63, 3.8) is 0 Å². The molecule has 0 aromatic rings. The predicted molar refractivity (Wildman–Crippen MR) is 73.4 cm³/mol. The molecule has 3 aliphatic rings. The third-order valence-corrected chi connectivity index (χ3v) is 6.03. The Labute approximate surface area is 111 Å². The Morgan fingerprint density at radius 2 is 1.89 bits per heavy atom. The molecule has 104 valence electrons. The van der Waals surface area contributed by atoms with Gasteiger partial charge in [0.25, 0.3) is 0 Å². The van der Waals surface area contributed by atoms with E-state index in [1.807, 2.05) is 0 Å². The van der Waals surface area contributed by atoms with Gasteiger partial charge in [-0.1, -0.05) is 20.8 Å². The van der Waals surface area contributed by atoms with Gasteiger partial charge < -0.3 is 15.4 Å². The maximum absolute atomic E-state index is 6.81. The third kappa shape index (κ3) is 1.67. The van der Waals surface area contributed by atoms with Crippen LogP contribution in [0.15, 0.2) is 0 Å². The van der Waals surface area contributed by atoms with Crippen molar-refractivity contribution in [2.45, 2.75) is 51.7 Å². The number of nitrogens with two attached hydrogens (primary N) is 1. The summed E-state index contributed by atoms with van der Waals surface area (Å²) in [5.41, 5.74) is 6.91. The third-order valence-electron chi connectivity index (χ3n) is 6.03. The molecule has 2 heterocycles. The molecule has 3 rings (SSSR count). The molecule has 2 aliphatic heterocycles. The lowest BCUT2D eigenvalue weighted by atomic mass is 9.48. The Morgan fingerprint density at radius 3 is 2.56 bits per heavy atom. The minimum atomic E-state index is -0.0330. The minimum absolute atomic E-state index is 0.0330. The summed E-state index contributed by atoms with van der Waals surface area (Å²) in [6.07, 6.45) is 4.24. The molecule has 0 aromatic carbocycles. The van der Waals surface area contributed by atoms with Crippen LogP contribution in [0.25, 0.3) is 0 Å². The van der Waals surface area contributed by atoms with E-state index in [4.69, 9.17) is 10.5 Å². The number of piperidine rings is 1. The molecule has 18 heavy (non-hydrogen) atoms. The van der Waals surface area contributed by atoms with Crippen molar-refractivity contribution in [1.82, 2.24) is 4.90 Å². The van der Waals surface area contributed by atoms with E-state index in [-0.39, 0.29) is 11.0 Å². The maximum Gasteiger partial charge on any atom is 0.0691 e. The Balaban J connectivity index is 1.68. The van der Waals surface area contributed by atoms with Gasteiger partial charge >= 0.3 is 0 Å². The van der Waals surface area contributed by atoms with Crippen molar-refractivity contribution >= 4 is 0 Å². The van der Waals surface area contributed by atoms with E-state index in [0.29, 0.717) is 12.0 Å². The van der Waals surface area contributed by atoms with E-state index >= 15 is 0 Å². The molecule has 2 N–H and O–H groups in total. The van der Waals surface area contributed by atoms with E-state index in [1.54, 1.807) is 0 Å². The number of hydrogen-bond acceptors (Lipinski definition) is 3. The lowest BCUT2D eigenvalue weighted by Crippen LogP contribution is -2.78. The monoisotopic (exact) mass is 252 g/mol. The first-order chi connectivity index (χ1) is 8.45. The van der Waals surface area contributed by atoms with Crippen LogP contribution in [0, 0.1) is 17.3 Å². The van der Waals surface area contributed by atoms with E-state index in [1.165, 1.54) is 25.9 Å². The second-order valence-corrected chi connectivity index (χ2v) is 7.41. The molecule has 3 heteroatoms. The van der Waals surface area contributed by atoms with Crippen LogP contribution in [-0.2, 0) is 4.74 Å². The van der Waals surface area contributed by atoms with Crippen molar-refractivity contribution in [1.29, 1.82) is 0 Å². The second kappa shape index (κ2) is 4.19. The summed E-state index contributed by atoms with van der Waals surface area (Å²) in [6.45, 7) is 11.4. The molecule has 3 nitrogen and oxygen atoms in total. The van der Waals surface area contributed by atoms with Crippen LogP contribution in [0.2, 0.25) is 0 Å². The molecule has 0 bridgehead atoms. The van der Waals surface area contributed by atoms with Gasteiger partial charge in [-0.25, -0.2) is 0 Å². The van der Waals surface area contributed by atoms with E-state index in [2.05, 4.69) is 25.7 Å². The topological polar surface area (TPSA) is 38.5 Å². The summed E-state index contributed by atoms with van der Waals surface area (Å²) >= 11 is 0. The molecule has 2 saturated heterocycles. The Bertz CT molecular complexity index is 322. The highest BCUT2D eigenvalue weighted by atomic mass is 16.5. The first kappa shape index (κ1) is 12.9. The van der Waals surface area contributed by atoms with E-state index < -0.39 is 0 Å². The van der Waals surface area contributed by atoms with Gasteiger partial charge in [-0.3, -0.25) is 0 Å². The quantitative estimate of drug-likeness (QED) is 0.815. The number of rotatable bonds is 2. The Kier molecular flexibility index (Phi) is 3.00. The molecule has 0 spiro atoms. The second-order valence-electron chi connectivity index (χ2n) is 7.41. The molecular weight excluding hydrogens is 224 g/mol. The molecular formula is C15H28N2O. The molecule has 0 aromatic heterocycles. The highest BCUT2D eigenvalue weighted by molar-refractivity contribution is 5.21. The van der Waals surface area contributed by atoms with Gasteiger partial charge in [-0.05, 0) is 38.3 Å². The van der Waals surface area contributed by atoms with Crippen LogP contribution < -0.4 is 5.73 Å². The average Bonchev–Trinajstić information content (AvgIpc) is 2.80. The minimum Gasteiger partial charge on any atom is -0.377 e. The predicted octanol–water partition coefficient (Wildman–Crippen LogP) is 1.86. The number of hydrogen-bond donors (Lipinski definition) is 1. The van der Waals surface area contributed by atoms with E-state index in [9.17, 15) is 0 Å². The fourth-order valence-electron chi connectivity index (χ4n) is 4.39. The summed E-state index contributed by atoms with van der Waals surface area (Å²) in [7, 11) is 0. The fraction of sp³-hybridized carbons (Fsp3) is 1.00. The average molecular weight is 252 g/mol. The summed E-state index contributed by atoms with van der Waals surface area (Å²) < 4.78 is 5.87. The van der Waals surface area contributed by atoms with Crippen LogP contribution in [0.1, 0.15) is 40.0 Å². The van der Waals surface area contributed by atoms with Gasteiger partial charge in [-0.15, -0.1) is 0 Å². The van der Waals surface area contributed by atoms with Crippen LogP contribution in [-0.4, -0.2) is 42.8 Å². The van der Waals surface area contributed by atoms with Gasteiger partial charge in [0.2, 0.25) is 0 Å². The van der Waals surface area contributed by atoms with Crippen molar-refractivity contribution in [2.24, 2.45) is 23.0 Å². The fourth-order valence-corrected chi connectivity index (χ4v) is 4.39.